The second-order valence-corrected chi connectivity index (χ2v) is 11.6. The van der Waals surface area contributed by atoms with Gasteiger partial charge in [0, 0.05) is 25.7 Å². The highest BCUT2D eigenvalue weighted by Crippen LogP contribution is 2.24. The summed E-state index contributed by atoms with van der Waals surface area (Å²) in [6.45, 7) is 12.5. The molecule has 0 aliphatic carbocycles. The van der Waals surface area contributed by atoms with E-state index in [1.165, 1.54) is 6.07 Å². The standard InChI is InChI=1S/C23H36N2O5S/c1-7-31(28,29)20-13-9-8-12-19(20)21(26)24-14-10-11-18(15-24)16-25(17(2)3)22(27)30-23(4,5)6/h8-9,12-13,17-18H,7,10-11,14-16H2,1-6H3. The first-order chi connectivity index (χ1) is 14.4. The SMILES string of the molecule is CCS(=O)(=O)c1ccccc1C(=O)N1CCCC(CN(C(=O)OC(C)(C)C)C(C)C)C1. The largest absolute Gasteiger partial charge is 0.444 e. The summed E-state index contributed by atoms with van der Waals surface area (Å²) >= 11 is 0. The van der Waals surface area contributed by atoms with Crippen molar-refractivity contribution in [2.75, 3.05) is 25.4 Å². The third-order valence-corrected chi connectivity index (χ3v) is 7.13. The molecule has 1 saturated heterocycles. The Labute approximate surface area is 186 Å². The Hall–Kier alpha value is -2.09. The van der Waals surface area contributed by atoms with Gasteiger partial charge in [-0.05, 0) is 65.5 Å². The van der Waals surface area contributed by atoms with E-state index in [2.05, 4.69) is 0 Å². The van der Waals surface area contributed by atoms with Crippen molar-refractivity contribution < 1.29 is 22.7 Å². The highest BCUT2D eigenvalue weighted by molar-refractivity contribution is 7.91. The molecule has 174 valence electrons. The van der Waals surface area contributed by atoms with Gasteiger partial charge < -0.3 is 14.5 Å². The molecule has 1 aliphatic rings. The number of benzene rings is 1. The number of rotatable bonds is 6. The number of piperidine rings is 1. The summed E-state index contributed by atoms with van der Waals surface area (Å²) in [5.41, 5.74) is -0.356. The molecule has 2 rings (SSSR count). The maximum absolute atomic E-state index is 13.2. The average Bonchev–Trinajstić information content (AvgIpc) is 2.70. The van der Waals surface area contributed by atoms with Gasteiger partial charge in [-0.25, -0.2) is 13.2 Å². The second kappa shape index (κ2) is 10.0. The van der Waals surface area contributed by atoms with Crippen molar-refractivity contribution in [1.82, 2.24) is 9.80 Å². The van der Waals surface area contributed by atoms with Crippen molar-refractivity contribution in [3.05, 3.63) is 29.8 Å². The van der Waals surface area contributed by atoms with Crippen molar-refractivity contribution >= 4 is 21.8 Å². The maximum Gasteiger partial charge on any atom is 0.410 e. The van der Waals surface area contributed by atoms with Gasteiger partial charge in [-0.3, -0.25) is 4.79 Å². The predicted molar refractivity (Wildman–Crippen MR) is 121 cm³/mol. The minimum absolute atomic E-state index is 0.0312. The molecule has 0 N–H and O–H groups in total. The zero-order valence-corrected chi connectivity index (χ0v) is 20.4. The summed E-state index contributed by atoms with van der Waals surface area (Å²) in [6, 6.07) is 6.37. The molecule has 7 nitrogen and oxygen atoms in total. The molecule has 0 radical (unpaired) electrons. The molecule has 31 heavy (non-hydrogen) atoms. The molecular formula is C23H36N2O5S. The number of ether oxygens (including phenoxy) is 1. The van der Waals surface area contributed by atoms with Crippen LogP contribution in [0.1, 0.15) is 64.7 Å². The van der Waals surface area contributed by atoms with E-state index in [1.54, 1.807) is 34.9 Å². The van der Waals surface area contributed by atoms with Gasteiger partial charge in [0.25, 0.3) is 5.91 Å². The van der Waals surface area contributed by atoms with E-state index < -0.39 is 15.4 Å². The number of likely N-dealkylation sites (tertiary alicyclic amines) is 1. The number of carbonyl (C=O) groups excluding carboxylic acids is 2. The molecule has 2 amide bonds. The van der Waals surface area contributed by atoms with Crippen LogP contribution in [0.3, 0.4) is 0 Å². The Morgan fingerprint density at radius 1 is 1.23 bits per heavy atom. The van der Waals surface area contributed by atoms with E-state index in [0.717, 1.165) is 12.8 Å². The van der Waals surface area contributed by atoms with E-state index in [0.29, 0.717) is 19.6 Å². The fraction of sp³-hybridized carbons (Fsp3) is 0.652. The van der Waals surface area contributed by atoms with Crippen LogP contribution in [0.2, 0.25) is 0 Å². The van der Waals surface area contributed by atoms with Crippen LogP contribution in [0.4, 0.5) is 4.79 Å². The van der Waals surface area contributed by atoms with Gasteiger partial charge in [-0.2, -0.15) is 0 Å². The van der Waals surface area contributed by atoms with Gasteiger partial charge in [-0.1, -0.05) is 19.1 Å². The lowest BCUT2D eigenvalue weighted by Gasteiger charge is -2.37. The van der Waals surface area contributed by atoms with Crippen molar-refractivity contribution in [2.45, 2.75) is 70.9 Å². The molecule has 0 aromatic heterocycles. The van der Waals surface area contributed by atoms with Crippen LogP contribution >= 0.6 is 0 Å². The lowest BCUT2D eigenvalue weighted by molar-refractivity contribution is 0.0123. The number of amides is 2. The van der Waals surface area contributed by atoms with Crippen LogP contribution < -0.4 is 0 Å². The average molecular weight is 453 g/mol. The van der Waals surface area contributed by atoms with Crippen molar-refractivity contribution in [3.63, 3.8) is 0 Å². The Morgan fingerprint density at radius 3 is 2.45 bits per heavy atom. The summed E-state index contributed by atoms with van der Waals surface area (Å²) in [5, 5.41) is 0. The molecular weight excluding hydrogens is 416 g/mol. The van der Waals surface area contributed by atoms with Gasteiger partial charge in [0.15, 0.2) is 9.84 Å². The van der Waals surface area contributed by atoms with Crippen molar-refractivity contribution in [3.8, 4) is 0 Å². The molecule has 1 aliphatic heterocycles. The lowest BCUT2D eigenvalue weighted by Crippen LogP contribution is -2.48. The summed E-state index contributed by atoms with van der Waals surface area (Å²) in [4.78, 5) is 29.4. The zero-order valence-electron chi connectivity index (χ0n) is 19.6. The summed E-state index contributed by atoms with van der Waals surface area (Å²) in [6.07, 6.45) is 1.34. The zero-order chi connectivity index (χ0) is 23.4. The molecule has 1 fully saturated rings. The van der Waals surface area contributed by atoms with E-state index in [-0.39, 0.29) is 40.2 Å². The molecule has 1 unspecified atom stereocenters. The Morgan fingerprint density at radius 2 is 1.87 bits per heavy atom. The molecule has 8 heteroatoms. The molecule has 1 aromatic rings. The predicted octanol–water partition coefficient (Wildman–Crippen LogP) is 3.98. The van der Waals surface area contributed by atoms with Crippen LogP contribution in [-0.4, -0.2) is 67.2 Å². The maximum atomic E-state index is 13.2. The Balaban J connectivity index is 2.17. The van der Waals surface area contributed by atoms with Gasteiger partial charge in [0.05, 0.1) is 16.2 Å². The first-order valence-electron chi connectivity index (χ1n) is 11.0. The van der Waals surface area contributed by atoms with E-state index >= 15 is 0 Å². The molecule has 0 bridgehead atoms. The van der Waals surface area contributed by atoms with Crippen LogP contribution in [0.25, 0.3) is 0 Å². The fourth-order valence-electron chi connectivity index (χ4n) is 3.73. The third kappa shape index (κ3) is 6.69. The van der Waals surface area contributed by atoms with Gasteiger partial charge >= 0.3 is 6.09 Å². The van der Waals surface area contributed by atoms with Gasteiger partial charge in [0.2, 0.25) is 0 Å². The lowest BCUT2D eigenvalue weighted by atomic mass is 9.96. The number of hydrogen-bond acceptors (Lipinski definition) is 5. The highest BCUT2D eigenvalue weighted by atomic mass is 32.2. The fourth-order valence-corrected chi connectivity index (χ4v) is 4.82. The van der Waals surface area contributed by atoms with Crippen LogP contribution in [-0.2, 0) is 14.6 Å². The minimum atomic E-state index is -3.50. The van der Waals surface area contributed by atoms with Crippen LogP contribution in [0, 0.1) is 5.92 Å². The second-order valence-electron chi connectivity index (χ2n) is 9.39. The number of hydrogen-bond donors (Lipinski definition) is 0. The van der Waals surface area contributed by atoms with Crippen LogP contribution in [0.15, 0.2) is 29.2 Å². The van der Waals surface area contributed by atoms with Crippen molar-refractivity contribution in [1.29, 1.82) is 0 Å². The Kier molecular flexibility index (Phi) is 8.14. The molecule has 1 aromatic carbocycles. The van der Waals surface area contributed by atoms with Gasteiger partial charge in [0.1, 0.15) is 5.60 Å². The summed E-state index contributed by atoms with van der Waals surface area (Å²) < 4.78 is 30.5. The topological polar surface area (TPSA) is 84.0 Å². The minimum Gasteiger partial charge on any atom is -0.444 e. The first-order valence-corrected chi connectivity index (χ1v) is 12.6. The van der Waals surface area contributed by atoms with Crippen molar-refractivity contribution in [2.24, 2.45) is 5.92 Å². The van der Waals surface area contributed by atoms with Gasteiger partial charge in [-0.15, -0.1) is 0 Å². The van der Waals surface area contributed by atoms with E-state index in [9.17, 15) is 18.0 Å². The third-order valence-electron chi connectivity index (χ3n) is 5.35. The number of carbonyl (C=O) groups is 2. The smallest absolute Gasteiger partial charge is 0.410 e. The van der Waals surface area contributed by atoms with E-state index in [4.69, 9.17) is 4.74 Å². The molecule has 1 atom stereocenters. The normalized spacial score (nSPS) is 17.5. The quantitative estimate of drug-likeness (QED) is 0.652. The van der Waals surface area contributed by atoms with E-state index in [1.807, 2.05) is 34.6 Å². The monoisotopic (exact) mass is 452 g/mol. The van der Waals surface area contributed by atoms with Crippen LogP contribution in [0.5, 0.6) is 0 Å². The Bertz CT molecular complexity index is 889. The molecule has 0 saturated carbocycles. The first kappa shape index (κ1) is 25.2. The summed E-state index contributed by atoms with van der Waals surface area (Å²) in [5.74, 6) is -0.229. The number of sulfone groups is 1. The number of nitrogens with zero attached hydrogens (tertiary/aromatic N) is 2. The summed E-state index contributed by atoms with van der Waals surface area (Å²) in [7, 11) is -3.50. The molecule has 0 spiro atoms. The molecule has 1 heterocycles. The highest BCUT2D eigenvalue weighted by Gasteiger charge is 2.32.